The van der Waals surface area contributed by atoms with E-state index in [9.17, 15) is 4.79 Å². The van der Waals surface area contributed by atoms with Crippen LogP contribution in [0, 0.1) is 0 Å². The summed E-state index contributed by atoms with van der Waals surface area (Å²) in [6.45, 7) is 2.81. The molecule has 0 radical (unpaired) electrons. The van der Waals surface area contributed by atoms with Gasteiger partial charge in [0.15, 0.2) is 0 Å². The molecule has 2 rings (SSSR count). The highest BCUT2D eigenvalue weighted by Crippen LogP contribution is 2.36. The molecular weight excluding hydrogens is 236 g/mol. The number of aliphatic hydroxyl groups excluding tert-OH is 1. The fraction of sp³-hybridized carbons (Fsp3) is 0.417. The Morgan fingerprint density at radius 2 is 2.35 bits per heavy atom. The molecule has 1 atom stereocenters. The van der Waals surface area contributed by atoms with Gasteiger partial charge >= 0.3 is 0 Å². The lowest BCUT2D eigenvalue weighted by atomic mass is 10.2. The minimum Gasteiger partial charge on any atom is -0.396 e. The molecule has 1 aliphatic rings. The number of hydrogen-bond donors (Lipinski definition) is 3. The summed E-state index contributed by atoms with van der Waals surface area (Å²) < 4.78 is 0. The van der Waals surface area contributed by atoms with Crippen molar-refractivity contribution in [2.24, 2.45) is 0 Å². The number of anilines is 2. The number of amides is 1. The van der Waals surface area contributed by atoms with E-state index in [-0.39, 0.29) is 17.8 Å². The minimum absolute atomic E-state index is 0.0318. The van der Waals surface area contributed by atoms with Crippen LogP contribution in [0.3, 0.4) is 0 Å². The van der Waals surface area contributed by atoms with Crippen molar-refractivity contribution >= 4 is 29.0 Å². The van der Waals surface area contributed by atoms with Gasteiger partial charge in [0, 0.05) is 23.7 Å². The highest BCUT2D eigenvalue weighted by molar-refractivity contribution is 8.00. The molecular formula is C12H16N2O2S. The van der Waals surface area contributed by atoms with Crippen LogP contribution in [0.15, 0.2) is 23.1 Å². The van der Waals surface area contributed by atoms with Crippen molar-refractivity contribution in [3.63, 3.8) is 0 Å². The number of aliphatic hydroxyl groups is 1. The van der Waals surface area contributed by atoms with E-state index in [0.29, 0.717) is 0 Å². The summed E-state index contributed by atoms with van der Waals surface area (Å²) in [5, 5.41) is 14.8. The molecule has 0 aromatic heterocycles. The highest BCUT2D eigenvalue weighted by atomic mass is 32.2. The molecule has 1 aromatic rings. The summed E-state index contributed by atoms with van der Waals surface area (Å²) in [6, 6.07) is 5.94. The van der Waals surface area contributed by atoms with Crippen molar-refractivity contribution in [2.45, 2.75) is 23.5 Å². The topological polar surface area (TPSA) is 61.4 Å². The Hall–Kier alpha value is -1.20. The second kappa shape index (κ2) is 5.42. The number of rotatable bonds is 4. The zero-order chi connectivity index (χ0) is 12.3. The number of fused-ring (bicyclic) bond motifs is 1. The van der Waals surface area contributed by atoms with Gasteiger partial charge in [0.05, 0.1) is 10.9 Å². The van der Waals surface area contributed by atoms with Gasteiger partial charge in [-0.05, 0) is 31.5 Å². The molecule has 0 bridgehead atoms. The molecule has 0 aliphatic carbocycles. The van der Waals surface area contributed by atoms with Crippen LogP contribution < -0.4 is 10.6 Å². The van der Waals surface area contributed by atoms with E-state index >= 15 is 0 Å². The quantitative estimate of drug-likeness (QED) is 0.716. The molecule has 1 heterocycles. The van der Waals surface area contributed by atoms with Gasteiger partial charge < -0.3 is 15.7 Å². The minimum atomic E-state index is -0.0318. The Kier molecular flexibility index (Phi) is 3.91. The Labute approximate surface area is 105 Å². The average Bonchev–Trinajstić information content (AvgIpc) is 2.31. The third kappa shape index (κ3) is 2.92. The van der Waals surface area contributed by atoms with Crippen LogP contribution in [0.1, 0.15) is 13.3 Å². The average molecular weight is 252 g/mol. The van der Waals surface area contributed by atoms with Crippen LogP contribution in [0.2, 0.25) is 0 Å². The van der Waals surface area contributed by atoms with Gasteiger partial charge in [0.2, 0.25) is 5.91 Å². The summed E-state index contributed by atoms with van der Waals surface area (Å²) >= 11 is 1.58. The van der Waals surface area contributed by atoms with E-state index in [1.165, 1.54) is 0 Å². The summed E-state index contributed by atoms with van der Waals surface area (Å²) in [5.74, 6) is 0.0509. The summed E-state index contributed by atoms with van der Waals surface area (Å²) in [6.07, 6.45) is 0.717. The zero-order valence-corrected chi connectivity index (χ0v) is 10.5. The standard InChI is InChI=1S/C12H16N2O2S/c1-8-12(16)14-10-7-9(13-5-2-6-15)3-4-11(10)17-8/h3-4,7-8,13,15H,2,5-6H2,1H3,(H,14,16). The fourth-order valence-corrected chi connectivity index (χ4v) is 2.56. The Morgan fingerprint density at radius 1 is 1.53 bits per heavy atom. The largest absolute Gasteiger partial charge is 0.396 e. The number of benzene rings is 1. The third-order valence-corrected chi connectivity index (χ3v) is 3.75. The molecule has 4 nitrogen and oxygen atoms in total. The van der Waals surface area contributed by atoms with Gasteiger partial charge in [-0.15, -0.1) is 11.8 Å². The molecule has 92 valence electrons. The SMILES string of the molecule is CC1Sc2ccc(NCCCO)cc2NC1=O. The van der Waals surface area contributed by atoms with E-state index in [2.05, 4.69) is 10.6 Å². The Morgan fingerprint density at radius 3 is 3.12 bits per heavy atom. The molecule has 3 N–H and O–H groups in total. The van der Waals surface area contributed by atoms with Crippen LogP contribution in [0.4, 0.5) is 11.4 Å². The van der Waals surface area contributed by atoms with E-state index in [0.717, 1.165) is 29.2 Å². The first-order chi connectivity index (χ1) is 8.20. The maximum absolute atomic E-state index is 11.5. The first kappa shape index (κ1) is 12.3. The number of carbonyl (C=O) groups excluding carboxylic acids is 1. The van der Waals surface area contributed by atoms with E-state index in [1.807, 2.05) is 25.1 Å². The maximum Gasteiger partial charge on any atom is 0.237 e. The maximum atomic E-state index is 11.5. The second-order valence-corrected chi connectivity index (χ2v) is 5.35. The summed E-state index contributed by atoms with van der Waals surface area (Å²) in [7, 11) is 0. The number of hydrogen-bond acceptors (Lipinski definition) is 4. The smallest absolute Gasteiger partial charge is 0.237 e. The van der Waals surface area contributed by atoms with Crippen molar-refractivity contribution in [1.82, 2.24) is 0 Å². The highest BCUT2D eigenvalue weighted by Gasteiger charge is 2.22. The van der Waals surface area contributed by atoms with Crippen LogP contribution >= 0.6 is 11.8 Å². The predicted octanol–water partition coefficient (Wildman–Crippen LogP) is 1.91. The second-order valence-electron chi connectivity index (χ2n) is 3.96. The molecule has 17 heavy (non-hydrogen) atoms. The molecule has 0 saturated heterocycles. The number of carbonyl (C=O) groups is 1. The molecule has 5 heteroatoms. The van der Waals surface area contributed by atoms with E-state index in [4.69, 9.17) is 5.11 Å². The number of thioether (sulfide) groups is 1. The van der Waals surface area contributed by atoms with Crippen molar-refractivity contribution in [3.8, 4) is 0 Å². The lowest BCUT2D eigenvalue weighted by molar-refractivity contribution is -0.115. The van der Waals surface area contributed by atoms with Gasteiger partial charge in [-0.25, -0.2) is 0 Å². The molecule has 1 aromatic carbocycles. The van der Waals surface area contributed by atoms with Crippen LogP contribution in [-0.4, -0.2) is 29.4 Å². The molecule has 0 saturated carbocycles. The normalized spacial score (nSPS) is 18.5. The van der Waals surface area contributed by atoms with Crippen molar-refractivity contribution in [2.75, 3.05) is 23.8 Å². The lowest BCUT2D eigenvalue weighted by Gasteiger charge is -2.22. The summed E-state index contributed by atoms with van der Waals surface area (Å²) in [4.78, 5) is 12.6. The Bertz CT molecular complexity index is 423. The zero-order valence-electron chi connectivity index (χ0n) is 9.69. The van der Waals surface area contributed by atoms with Crippen molar-refractivity contribution in [1.29, 1.82) is 0 Å². The fourth-order valence-electron chi connectivity index (χ4n) is 1.63. The monoisotopic (exact) mass is 252 g/mol. The summed E-state index contributed by atoms with van der Waals surface area (Å²) in [5.41, 5.74) is 1.83. The third-order valence-electron chi connectivity index (χ3n) is 2.57. The van der Waals surface area contributed by atoms with Gasteiger partial charge in [0.25, 0.3) is 0 Å². The number of nitrogens with one attached hydrogen (secondary N) is 2. The van der Waals surface area contributed by atoms with E-state index in [1.54, 1.807) is 11.8 Å². The molecule has 1 amide bonds. The van der Waals surface area contributed by atoms with Crippen molar-refractivity contribution in [3.05, 3.63) is 18.2 Å². The van der Waals surface area contributed by atoms with Crippen LogP contribution in [0.25, 0.3) is 0 Å². The van der Waals surface area contributed by atoms with Gasteiger partial charge in [-0.1, -0.05) is 0 Å². The molecule has 0 fully saturated rings. The Balaban J connectivity index is 2.09. The van der Waals surface area contributed by atoms with Gasteiger partial charge in [0.1, 0.15) is 0 Å². The van der Waals surface area contributed by atoms with Crippen LogP contribution in [-0.2, 0) is 4.79 Å². The first-order valence-corrected chi connectivity index (χ1v) is 6.55. The molecule has 1 aliphatic heterocycles. The van der Waals surface area contributed by atoms with Gasteiger partial charge in [-0.3, -0.25) is 4.79 Å². The lowest BCUT2D eigenvalue weighted by Crippen LogP contribution is -2.26. The first-order valence-electron chi connectivity index (χ1n) is 5.67. The predicted molar refractivity (Wildman–Crippen MR) is 70.6 cm³/mol. The molecule has 0 spiro atoms. The van der Waals surface area contributed by atoms with Crippen molar-refractivity contribution < 1.29 is 9.90 Å². The van der Waals surface area contributed by atoms with Gasteiger partial charge in [-0.2, -0.15) is 0 Å². The van der Waals surface area contributed by atoms with E-state index < -0.39 is 0 Å². The van der Waals surface area contributed by atoms with Crippen LogP contribution in [0.5, 0.6) is 0 Å². The molecule has 1 unspecified atom stereocenters.